The van der Waals surface area contributed by atoms with Gasteiger partial charge in [-0.3, -0.25) is 57.5 Å². The van der Waals surface area contributed by atoms with Crippen LogP contribution in [0.15, 0.2) is 18.2 Å². The number of benzene rings is 1. The average Bonchev–Trinajstić information content (AvgIpc) is 1.77. The van der Waals surface area contributed by atoms with Crippen molar-refractivity contribution in [3.05, 3.63) is 34.3 Å². The smallest absolute Gasteiger partial charge is 0.380 e. The largest absolute Gasteiger partial charge is 0.417 e. The molecule has 2 saturated heterocycles. The van der Waals surface area contributed by atoms with E-state index in [9.17, 15) is 46.7 Å². The highest BCUT2D eigenvalue weighted by Crippen LogP contribution is 2.38. The van der Waals surface area contributed by atoms with Crippen LogP contribution in [0.2, 0.25) is 5.02 Å². The maximum Gasteiger partial charge on any atom is 0.417 e. The summed E-state index contributed by atoms with van der Waals surface area (Å²) in [5.74, 6) is -9.11. The second kappa shape index (κ2) is 39.3. The third kappa shape index (κ3) is 23.2. The molecule has 578 valence electrons. The van der Waals surface area contributed by atoms with Crippen molar-refractivity contribution in [1.29, 1.82) is 0 Å². The molecule has 7 atom stereocenters. The van der Waals surface area contributed by atoms with Crippen molar-refractivity contribution in [2.75, 3.05) is 108 Å². The second-order valence-corrected chi connectivity index (χ2v) is 30.4. The van der Waals surface area contributed by atoms with E-state index in [1.807, 2.05) is 20.8 Å². The van der Waals surface area contributed by atoms with Crippen LogP contribution in [0.5, 0.6) is 0 Å². The van der Waals surface area contributed by atoms with Crippen LogP contribution in [-0.4, -0.2) is 265 Å². The van der Waals surface area contributed by atoms with Gasteiger partial charge in [0.15, 0.2) is 0 Å². The zero-order chi connectivity index (χ0) is 76.2. The van der Waals surface area contributed by atoms with Crippen LogP contribution in [0, 0.1) is 23.7 Å². The summed E-state index contributed by atoms with van der Waals surface area (Å²) in [6.07, 6.45) is 6.22. The number of ether oxygens (including phenoxy) is 1. The van der Waals surface area contributed by atoms with E-state index in [-0.39, 0.29) is 75.7 Å². The molecule has 3 N–H and O–H groups in total. The number of carbonyl (C=O) groups is 12. The summed E-state index contributed by atoms with van der Waals surface area (Å²) in [6.45, 7) is 7.27. The predicted octanol–water partition coefficient (Wildman–Crippen LogP) is 6.30. The number of carbonyl (C=O) groups excluding carboxylic acids is 12. The molecule has 5 aliphatic rings. The molecule has 0 bridgehead atoms. The van der Waals surface area contributed by atoms with Gasteiger partial charge in [0.25, 0.3) is 0 Å². The van der Waals surface area contributed by atoms with E-state index in [4.69, 9.17) is 16.3 Å². The molecule has 1 aromatic carbocycles. The van der Waals surface area contributed by atoms with Crippen LogP contribution >= 0.6 is 11.6 Å². The molecule has 29 heteroatoms. The fourth-order valence-corrected chi connectivity index (χ4v) is 15.6. The Kier molecular flexibility index (Phi) is 32.4. The maximum atomic E-state index is 15.8. The van der Waals surface area contributed by atoms with Crippen LogP contribution < -0.4 is 16.0 Å². The molecule has 3 aliphatic carbocycles. The Morgan fingerprint density at radius 2 is 1.23 bits per heavy atom. The Bertz CT molecular complexity index is 3120. The molecular weight excluding hydrogens is 1360 g/mol. The standard InChI is InChI=1S/C74H116ClF3N12O13/c1-13-49(5)64-70(100)84(8)46-62(94)82(6)47-63(95)86(10)57(42-50-26-18-15-19-27-50)68(98)83(7)44-59(91)79-55(33-31-51-30-32-53(54(75)41-51)74(76,77)78)67(97)90(38-39-103-14-2)45-60(92)81-73(34-22-23-35-73)72(102)88(12)65(52-28-20-16-21-29-52)71(101)87(11)58(69(99)89-36-24-17-25-37-89)43-61(93)85(9)56(40-48(3)4)66(96)80-64/h30,32,41,48-50,52,55-58,64-65H,13-29,31,33-40,42-47H2,1-12H3,(H,79,91)(H,80,96)(H,81,92)/t49-,55-,56-,57-,58?,64-,65-/m0/s1. The molecule has 5 fully saturated rings. The van der Waals surface area contributed by atoms with Gasteiger partial charge in [-0.15, -0.1) is 0 Å². The molecule has 6 rings (SSSR count). The minimum atomic E-state index is -4.78. The summed E-state index contributed by atoms with van der Waals surface area (Å²) in [4.78, 5) is 191. The number of rotatable bonds is 15. The molecule has 25 nitrogen and oxygen atoms in total. The van der Waals surface area contributed by atoms with Crippen molar-refractivity contribution >= 4 is 82.5 Å². The molecule has 12 amide bonds. The Labute approximate surface area is 612 Å². The number of halogens is 4. The lowest BCUT2D eigenvalue weighted by atomic mass is 9.81. The lowest BCUT2D eigenvalue weighted by Crippen LogP contribution is -2.64. The van der Waals surface area contributed by atoms with Gasteiger partial charge in [-0.2, -0.15) is 13.2 Å². The molecule has 0 radical (unpaired) electrons. The minimum Gasteiger partial charge on any atom is -0.380 e. The van der Waals surface area contributed by atoms with Gasteiger partial charge >= 0.3 is 6.18 Å². The number of nitrogens with one attached hydrogen (secondary N) is 3. The first-order valence-electron chi connectivity index (χ1n) is 37.4. The average molecular weight is 1470 g/mol. The van der Waals surface area contributed by atoms with Crippen LogP contribution in [0.3, 0.4) is 0 Å². The number of nitrogens with zero attached hydrogens (tertiary/aromatic N) is 9. The summed E-state index contributed by atoms with van der Waals surface area (Å²) in [7, 11) is 9.96. The Balaban J connectivity index is 1.46. The summed E-state index contributed by atoms with van der Waals surface area (Å²) in [6, 6.07) is -4.54. The van der Waals surface area contributed by atoms with Crippen LogP contribution in [0.1, 0.15) is 187 Å². The van der Waals surface area contributed by atoms with Gasteiger partial charge in [0.2, 0.25) is 70.9 Å². The molecule has 3 saturated carbocycles. The predicted molar refractivity (Wildman–Crippen MR) is 382 cm³/mol. The normalized spacial score (nSPS) is 25.3. The highest BCUT2D eigenvalue weighted by atomic mass is 35.5. The monoisotopic (exact) mass is 1470 g/mol. The first-order chi connectivity index (χ1) is 48.6. The number of piperidine rings is 1. The van der Waals surface area contributed by atoms with Gasteiger partial charge in [-0.05, 0) is 119 Å². The van der Waals surface area contributed by atoms with E-state index in [2.05, 4.69) is 16.0 Å². The number of likely N-dealkylation sites (tertiary alicyclic amines) is 1. The molecule has 1 unspecified atom stereocenters. The first kappa shape index (κ1) is 84.8. The van der Waals surface area contributed by atoms with Crippen LogP contribution in [-0.2, 0) is 74.9 Å². The molecule has 1 spiro atoms. The highest BCUT2D eigenvalue weighted by molar-refractivity contribution is 6.31. The number of aryl methyl sites for hydroxylation is 1. The lowest BCUT2D eigenvalue weighted by Gasteiger charge is -2.43. The zero-order valence-corrected chi connectivity index (χ0v) is 63.7. The van der Waals surface area contributed by atoms with Crippen molar-refractivity contribution < 1.29 is 75.4 Å². The van der Waals surface area contributed by atoms with Gasteiger partial charge in [0, 0.05) is 75.6 Å². The molecule has 1 aromatic rings. The molecular formula is C74H116ClF3N12O13. The molecule has 103 heavy (non-hydrogen) atoms. The summed E-state index contributed by atoms with van der Waals surface area (Å²) in [5, 5.41) is 8.05. The fourth-order valence-electron chi connectivity index (χ4n) is 15.3. The van der Waals surface area contributed by atoms with Gasteiger partial charge in [0.1, 0.15) is 41.8 Å². The van der Waals surface area contributed by atoms with Crippen molar-refractivity contribution in [1.82, 2.24) is 60.0 Å². The number of amides is 12. The number of hydrogen-bond donors (Lipinski definition) is 3. The van der Waals surface area contributed by atoms with Gasteiger partial charge in [0.05, 0.1) is 49.8 Å². The Morgan fingerprint density at radius 3 is 1.83 bits per heavy atom. The lowest BCUT2D eigenvalue weighted by molar-refractivity contribution is -0.157. The molecule has 2 aliphatic heterocycles. The highest BCUT2D eigenvalue weighted by Gasteiger charge is 2.50. The summed E-state index contributed by atoms with van der Waals surface area (Å²) < 4.78 is 47.5. The Morgan fingerprint density at radius 1 is 0.641 bits per heavy atom. The van der Waals surface area contributed by atoms with E-state index in [0.717, 1.165) is 89.5 Å². The first-order valence-corrected chi connectivity index (χ1v) is 37.7. The minimum absolute atomic E-state index is 0.00529. The topological polar surface area (TPSA) is 279 Å². The zero-order valence-electron chi connectivity index (χ0n) is 63.0. The van der Waals surface area contributed by atoms with Gasteiger partial charge in [-0.25, -0.2) is 0 Å². The van der Waals surface area contributed by atoms with Crippen molar-refractivity contribution in [2.24, 2.45) is 23.7 Å². The summed E-state index contributed by atoms with van der Waals surface area (Å²) in [5.41, 5.74) is -2.42. The molecule has 2 heterocycles. The van der Waals surface area contributed by atoms with E-state index in [1.165, 1.54) is 75.0 Å². The van der Waals surface area contributed by atoms with Crippen molar-refractivity contribution in [3.63, 3.8) is 0 Å². The second-order valence-electron chi connectivity index (χ2n) is 30.0. The third-order valence-electron chi connectivity index (χ3n) is 21.9. The number of likely N-dealkylation sites (N-methyl/N-ethyl adjacent to an activating group) is 7. The van der Waals surface area contributed by atoms with Crippen LogP contribution in [0.25, 0.3) is 0 Å². The van der Waals surface area contributed by atoms with E-state index >= 15 is 24.0 Å². The summed E-state index contributed by atoms with van der Waals surface area (Å²) >= 11 is 6.17. The van der Waals surface area contributed by atoms with E-state index in [1.54, 1.807) is 18.7 Å². The quantitative estimate of drug-likeness (QED) is 0.163. The Hall–Kier alpha value is -7.10. The maximum absolute atomic E-state index is 15.8. The third-order valence-corrected chi connectivity index (χ3v) is 22.2. The number of alkyl halides is 3. The van der Waals surface area contributed by atoms with E-state index < -0.39 is 174 Å². The van der Waals surface area contributed by atoms with Gasteiger partial charge in [-0.1, -0.05) is 116 Å². The van der Waals surface area contributed by atoms with Crippen molar-refractivity contribution in [2.45, 2.75) is 230 Å². The SMILES string of the molecule is CCOCCN1CC(=O)NC2(CCCC2)C(=O)N(C)[C@@H](C2CCCCC2)C(=O)N(C)C(C(=O)N2CCCCC2)CC(=O)N(C)[C@@H](CC(C)C)C(=O)N[C@@H]([C@@H](C)CC)C(=O)N(C)CC(=O)N(C)CC(=O)N(C)[C@@H](CC2CCCCC2)C(=O)N(C)CC(=O)N[C@@H](CCc2ccc(C(F)(F)F)c(Cl)c2)C1=O. The van der Waals surface area contributed by atoms with E-state index in [0.29, 0.717) is 58.0 Å². The number of hydrogen-bond acceptors (Lipinski definition) is 13. The van der Waals surface area contributed by atoms with Crippen LogP contribution in [0.4, 0.5) is 13.2 Å². The van der Waals surface area contributed by atoms with Crippen molar-refractivity contribution in [3.8, 4) is 0 Å². The fraction of sp³-hybridized carbons (Fsp3) is 0.757. The van der Waals surface area contributed by atoms with Gasteiger partial charge < -0.3 is 64.8 Å². The molecule has 0 aromatic heterocycles.